The van der Waals surface area contributed by atoms with Gasteiger partial charge in [-0.15, -0.1) is 11.3 Å². The molecule has 0 spiro atoms. The number of nitrogens with one attached hydrogen (secondary N) is 1. The van der Waals surface area contributed by atoms with Crippen molar-refractivity contribution in [3.8, 4) is 0 Å². The zero-order valence-electron chi connectivity index (χ0n) is 11.5. The van der Waals surface area contributed by atoms with Crippen molar-refractivity contribution in [2.45, 2.75) is 25.8 Å². The summed E-state index contributed by atoms with van der Waals surface area (Å²) in [5.41, 5.74) is -0.0369. The number of Topliss-reactive ketones (excluding diaryl/α,β-unsaturated/α-hetero) is 1. The first kappa shape index (κ1) is 14.0. The van der Waals surface area contributed by atoms with Gasteiger partial charge in [0.2, 0.25) is 5.91 Å². The first-order valence-electron chi connectivity index (χ1n) is 6.82. The molecule has 7 nitrogen and oxygen atoms in total. The van der Waals surface area contributed by atoms with Crippen molar-refractivity contribution in [3.63, 3.8) is 0 Å². The molecule has 2 saturated heterocycles. The molecule has 0 aliphatic carbocycles. The summed E-state index contributed by atoms with van der Waals surface area (Å²) in [6, 6.07) is 1.29. The molecule has 0 aromatic carbocycles. The Labute approximate surface area is 125 Å². The second-order valence-corrected chi connectivity index (χ2v) is 6.40. The maximum Gasteiger partial charge on any atom is 0.304 e. The minimum Gasteiger partial charge on any atom is -0.354 e. The van der Waals surface area contributed by atoms with Crippen LogP contribution >= 0.6 is 11.3 Å². The van der Waals surface area contributed by atoms with Crippen LogP contribution in [0, 0.1) is 16.0 Å². The molecule has 1 aromatic rings. The van der Waals surface area contributed by atoms with Crippen molar-refractivity contribution in [1.82, 2.24) is 5.32 Å². The average Bonchev–Trinajstić information content (AvgIpc) is 3.03. The molecule has 0 radical (unpaired) electrons. The number of amides is 1. The van der Waals surface area contributed by atoms with Gasteiger partial charge in [-0.05, 0) is 19.8 Å². The zero-order valence-corrected chi connectivity index (χ0v) is 12.3. The number of anilines is 1. The van der Waals surface area contributed by atoms with Crippen LogP contribution in [0.4, 0.5) is 10.7 Å². The minimum atomic E-state index is -0.452. The number of piperidine rings is 1. The third kappa shape index (κ3) is 2.29. The van der Waals surface area contributed by atoms with Crippen molar-refractivity contribution >= 4 is 33.7 Å². The van der Waals surface area contributed by atoms with Crippen molar-refractivity contribution < 1.29 is 14.5 Å². The summed E-state index contributed by atoms with van der Waals surface area (Å²) >= 11 is 1.15. The number of hydrogen-bond donors (Lipinski definition) is 1. The van der Waals surface area contributed by atoms with Crippen LogP contribution in [-0.4, -0.2) is 35.7 Å². The predicted molar refractivity (Wildman–Crippen MR) is 77.8 cm³/mol. The second kappa shape index (κ2) is 5.10. The Kier molecular flexibility index (Phi) is 3.40. The number of carbonyl (C=O) groups excluding carboxylic acids is 2. The number of rotatable bonds is 3. The maximum absolute atomic E-state index is 11.8. The summed E-state index contributed by atoms with van der Waals surface area (Å²) in [5, 5.41) is 14.6. The highest BCUT2D eigenvalue weighted by Crippen LogP contribution is 2.42. The lowest BCUT2D eigenvalue weighted by Gasteiger charge is -2.36. The zero-order chi connectivity index (χ0) is 15.1. The van der Waals surface area contributed by atoms with Gasteiger partial charge in [0.05, 0.1) is 21.8 Å². The number of carbonyl (C=O) groups is 2. The Bertz CT molecular complexity index is 627. The van der Waals surface area contributed by atoms with E-state index in [1.54, 1.807) is 0 Å². The van der Waals surface area contributed by atoms with Gasteiger partial charge in [-0.3, -0.25) is 19.7 Å². The summed E-state index contributed by atoms with van der Waals surface area (Å²) in [6.07, 6.45) is 1.63. The molecule has 2 unspecified atom stereocenters. The first-order chi connectivity index (χ1) is 9.99. The number of ketones is 1. The lowest BCUT2D eigenvalue weighted by Crippen LogP contribution is -2.45. The molecule has 21 heavy (non-hydrogen) atoms. The molecular formula is C13H15N3O4S. The second-order valence-electron chi connectivity index (χ2n) is 5.37. The van der Waals surface area contributed by atoms with Crippen LogP contribution in [0.3, 0.4) is 0 Å². The number of fused-ring (bicyclic) bond motifs is 1. The van der Waals surface area contributed by atoms with Gasteiger partial charge in [0.1, 0.15) is 0 Å². The smallest absolute Gasteiger partial charge is 0.304 e. The standard InChI is InChI=1S/C13H15N3O4S/c1-7(17)11-5-9(16(19)20)13(21-11)15-4-2-3-8-10(15)6-14-12(8)18/h5,8,10H,2-4,6H2,1H3,(H,14,18). The van der Waals surface area contributed by atoms with Crippen LogP contribution < -0.4 is 10.2 Å². The van der Waals surface area contributed by atoms with Gasteiger partial charge < -0.3 is 10.2 Å². The molecule has 0 bridgehead atoms. The number of nitrogens with zero attached hydrogens (tertiary/aromatic N) is 2. The van der Waals surface area contributed by atoms with Crippen LogP contribution in [0.15, 0.2) is 6.07 Å². The monoisotopic (exact) mass is 309 g/mol. The van der Waals surface area contributed by atoms with E-state index in [4.69, 9.17) is 0 Å². The van der Waals surface area contributed by atoms with Crippen LogP contribution in [0.25, 0.3) is 0 Å². The molecule has 1 amide bonds. The van der Waals surface area contributed by atoms with E-state index in [-0.39, 0.29) is 29.3 Å². The molecule has 3 heterocycles. The summed E-state index contributed by atoms with van der Waals surface area (Å²) in [7, 11) is 0. The van der Waals surface area contributed by atoms with E-state index in [1.165, 1.54) is 13.0 Å². The Hall–Kier alpha value is -1.96. The van der Waals surface area contributed by atoms with Gasteiger partial charge in [0.25, 0.3) is 0 Å². The van der Waals surface area contributed by atoms with E-state index >= 15 is 0 Å². The van der Waals surface area contributed by atoms with Crippen LogP contribution in [0.1, 0.15) is 29.4 Å². The van der Waals surface area contributed by atoms with Crippen LogP contribution in [0.2, 0.25) is 0 Å². The lowest BCUT2D eigenvalue weighted by molar-refractivity contribution is -0.383. The van der Waals surface area contributed by atoms with Gasteiger partial charge in [-0.2, -0.15) is 0 Å². The average molecular weight is 309 g/mol. The number of nitro groups is 1. The van der Waals surface area contributed by atoms with Gasteiger partial charge in [-0.1, -0.05) is 0 Å². The van der Waals surface area contributed by atoms with Crippen molar-refractivity contribution in [3.05, 3.63) is 21.1 Å². The van der Waals surface area contributed by atoms with E-state index in [2.05, 4.69) is 5.32 Å². The fraction of sp³-hybridized carbons (Fsp3) is 0.538. The summed E-state index contributed by atoms with van der Waals surface area (Å²) in [6.45, 7) is 2.59. The first-order valence-corrected chi connectivity index (χ1v) is 7.64. The SMILES string of the molecule is CC(=O)c1cc([N+](=O)[O-])c(N2CCCC3C(=O)NCC32)s1. The van der Waals surface area contributed by atoms with E-state index in [9.17, 15) is 19.7 Å². The highest BCUT2D eigenvalue weighted by molar-refractivity contribution is 7.18. The molecule has 1 N–H and O–H groups in total. The Morgan fingerprint density at radius 1 is 1.57 bits per heavy atom. The van der Waals surface area contributed by atoms with Crippen LogP contribution in [0.5, 0.6) is 0 Å². The lowest BCUT2D eigenvalue weighted by atomic mass is 9.91. The number of thiophene rings is 1. The number of hydrogen-bond acceptors (Lipinski definition) is 6. The molecular weight excluding hydrogens is 294 g/mol. The van der Waals surface area contributed by atoms with Gasteiger partial charge >= 0.3 is 5.69 Å². The molecule has 0 saturated carbocycles. The normalized spacial score (nSPS) is 24.6. The maximum atomic E-state index is 11.8. The third-order valence-electron chi connectivity index (χ3n) is 4.10. The van der Waals surface area contributed by atoms with E-state index in [0.29, 0.717) is 23.0 Å². The van der Waals surface area contributed by atoms with Crippen molar-refractivity contribution in [1.29, 1.82) is 0 Å². The van der Waals surface area contributed by atoms with E-state index in [0.717, 1.165) is 24.2 Å². The Morgan fingerprint density at radius 3 is 3.00 bits per heavy atom. The summed E-state index contributed by atoms with van der Waals surface area (Å²) < 4.78 is 0. The largest absolute Gasteiger partial charge is 0.354 e. The van der Waals surface area contributed by atoms with E-state index in [1.807, 2.05) is 4.90 Å². The van der Waals surface area contributed by atoms with E-state index < -0.39 is 4.92 Å². The van der Waals surface area contributed by atoms with Gasteiger partial charge in [0, 0.05) is 19.2 Å². The fourth-order valence-electron chi connectivity index (χ4n) is 3.09. The van der Waals surface area contributed by atoms with Crippen molar-refractivity contribution in [2.75, 3.05) is 18.0 Å². The predicted octanol–water partition coefficient (Wildman–Crippen LogP) is 1.57. The molecule has 2 atom stereocenters. The molecule has 112 valence electrons. The van der Waals surface area contributed by atoms with Gasteiger partial charge in [-0.25, -0.2) is 0 Å². The molecule has 8 heteroatoms. The highest BCUT2D eigenvalue weighted by Gasteiger charge is 2.43. The van der Waals surface area contributed by atoms with Gasteiger partial charge in [0.15, 0.2) is 10.8 Å². The molecule has 2 aliphatic rings. The Morgan fingerprint density at radius 2 is 2.33 bits per heavy atom. The Balaban J connectivity index is 2.00. The van der Waals surface area contributed by atoms with Crippen molar-refractivity contribution in [2.24, 2.45) is 5.92 Å². The highest BCUT2D eigenvalue weighted by atomic mass is 32.1. The molecule has 1 aromatic heterocycles. The topological polar surface area (TPSA) is 92.5 Å². The molecule has 3 rings (SSSR count). The third-order valence-corrected chi connectivity index (χ3v) is 5.36. The summed E-state index contributed by atoms with van der Waals surface area (Å²) in [5.74, 6) is -0.263. The molecule has 2 fully saturated rings. The minimum absolute atomic E-state index is 0.0238. The molecule has 2 aliphatic heterocycles. The quantitative estimate of drug-likeness (QED) is 0.520. The fourth-order valence-corrected chi connectivity index (χ4v) is 4.19. The van der Waals surface area contributed by atoms with Crippen LogP contribution in [-0.2, 0) is 4.79 Å². The summed E-state index contributed by atoms with van der Waals surface area (Å²) in [4.78, 5) is 36.4.